The van der Waals surface area contributed by atoms with Crippen molar-refractivity contribution < 1.29 is 9.47 Å². The van der Waals surface area contributed by atoms with Gasteiger partial charge in [-0.15, -0.1) is 0 Å². The highest BCUT2D eigenvalue weighted by atomic mass is 16.5. The van der Waals surface area contributed by atoms with E-state index in [1.165, 1.54) is 44.1 Å². The first-order valence-electron chi connectivity index (χ1n) is 9.32. The molecule has 1 aromatic carbocycles. The van der Waals surface area contributed by atoms with Crippen LogP contribution in [0.15, 0.2) is 24.3 Å². The van der Waals surface area contributed by atoms with Crippen LogP contribution in [0.25, 0.3) is 0 Å². The molecule has 1 heterocycles. The SMILES string of the molecule is CN1CCOC(COc2ccccc2CCC2CCCCC2)C1. The van der Waals surface area contributed by atoms with E-state index in [9.17, 15) is 0 Å². The van der Waals surface area contributed by atoms with Crippen LogP contribution >= 0.6 is 0 Å². The number of para-hydroxylation sites is 1. The Morgan fingerprint density at radius 2 is 2.00 bits per heavy atom. The van der Waals surface area contributed by atoms with Gasteiger partial charge in [0.05, 0.1) is 6.61 Å². The molecule has 1 atom stereocenters. The van der Waals surface area contributed by atoms with Gasteiger partial charge in [-0.1, -0.05) is 50.3 Å². The van der Waals surface area contributed by atoms with Crippen molar-refractivity contribution in [1.29, 1.82) is 0 Å². The van der Waals surface area contributed by atoms with Gasteiger partial charge in [0.1, 0.15) is 18.5 Å². The van der Waals surface area contributed by atoms with E-state index in [2.05, 4.69) is 36.2 Å². The molecule has 128 valence electrons. The van der Waals surface area contributed by atoms with Gasteiger partial charge in [-0.2, -0.15) is 0 Å². The average molecular weight is 317 g/mol. The molecule has 0 aromatic heterocycles. The van der Waals surface area contributed by atoms with Gasteiger partial charge in [-0.25, -0.2) is 0 Å². The van der Waals surface area contributed by atoms with Crippen molar-refractivity contribution in [1.82, 2.24) is 4.90 Å². The molecule has 0 radical (unpaired) electrons. The molecule has 1 saturated heterocycles. The van der Waals surface area contributed by atoms with E-state index in [1.807, 2.05) is 0 Å². The second-order valence-corrected chi connectivity index (χ2v) is 7.22. The van der Waals surface area contributed by atoms with Crippen LogP contribution in [0.2, 0.25) is 0 Å². The highest BCUT2D eigenvalue weighted by Gasteiger charge is 2.19. The molecule has 1 aliphatic heterocycles. The summed E-state index contributed by atoms with van der Waals surface area (Å²) in [6.45, 7) is 3.46. The van der Waals surface area contributed by atoms with Crippen LogP contribution in [0.4, 0.5) is 0 Å². The number of hydrogen-bond acceptors (Lipinski definition) is 3. The molecule has 1 aromatic rings. The van der Waals surface area contributed by atoms with E-state index in [-0.39, 0.29) is 6.10 Å². The highest BCUT2D eigenvalue weighted by Crippen LogP contribution is 2.29. The van der Waals surface area contributed by atoms with E-state index in [0.29, 0.717) is 6.61 Å². The zero-order chi connectivity index (χ0) is 15.9. The Bertz CT molecular complexity index is 470. The second kappa shape index (κ2) is 8.70. The van der Waals surface area contributed by atoms with Crippen molar-refractivity contribution in [2.24, 2.45) is 5.92 Å². The van der Waals surface area contributed by atoms with Gasteiger partial charge in [0.25, 0.3) is 0 Å². The van der Waals surface area contributed by atoms with Gasteiger partial charge in [0.15, 0.2) is 0 Å². The first-order valence-corrected chi connectivity index (χ1v) is 9.32. The average Bonchev–Trinajstić information content (AvgIpc) is 2.60. The predicted molar refractivity (Wildman–Crippen MR) is 94.1 cm³/mol. The number of rotatable bonds is 6. The molecule has 1 aliphatic carbocycles. The third kappa shape index (κ3) is 5.22. The molecule has 1 saturated carbocycles. The molecule has 3 nitrogen and oxygen atoms in total. The van der Waals surface area contributed by atoms with Crippen molar-refractivity contribution in [2.45, 2.75) is 51.0 Å². The summed E-state index contributed by atoms with van der Waals surface area (Å²) >= 11 is 0. The minimum absolute atomic E-state index is 0.195. The van der Waals surface area contributed by atoms with Gasteiger partial charge >= 0.3 is 0 Å². The van der Waals surface area contributed by atoms with Crippen molar-refractivity contribution in [3.8, 4) is 5.75 Å². The summed E-state index contributed by atoms with van der Waals surface area (Å²) in [6.07, 6.45) is 9.78. The quantitative estimate of drug-likeness (QED) is 0.794. The largest absolute Gasteiger partial charge is 0.491 e. The maximum absolute atomic E-state index is 6.11. The molecular weight excluding hydrogens is 286 g/mol. The molecule has 0 N–H and O–H groups in total. The standard InChI is InChI=1S/C20H31NO2/c1-21-13-14-22-19(15-21)16-23-20-10-6-5-9-18(20)12-11-17-7-3-2-4-8-17/h5-6,9-10,17,19H,2-4,7-8,11-16H2,1H3. The Morgan fingerprint density at radius 3 is 2.83 bits per heavy atom. The Labute approximate surface area is 141 Å². The number of morpholine rings is 1. The zero-order valence-corrected chi connectivity index (χ0v) is 14.5. The summed E-state index contributed by atoms with van der Waals surface area (Å²) in [7, 11) is 2.15. The molecule has 0 bridgehead atoms. The van der Waals surface area contributed by atoms with E-state index in [1.54, 1.807) is 0 Å². The van der Waals surface area contributed by atoms with Crippen LogP contribution < -0.4 is 4.74 Å². The number of nitrogens with zero attached hydrogens (tertiary/aromatic N) is 1. The second-order valence-electron chi connectivity index (χ2n) is 7.22. The van der Waals surface area contributed by atoms with Gasteiger partial charge < -0.3 is 14.4 Å². The van der Waals surface area contributed by atoms with Gasteiger partial charge in [-0.05, 0) is 37.4 Å². The molecule has 2 fully saturated rings. The normalized spacial score (nSPS) is 23.8. The van der Waals surface area contributed by atoms with Crippen LogP contribution in [0.5, 0.6) is 5.75 Å². The molecule has 3 heteroatoms. The Balaban J connectivity index is 1.50. The first-order chi connectivity index (χ1) is 11.3. The van der Waals surface area contributed by atoms with E-state index < -0.39 is 0 Å². The van der Waals surface area contributed by atoms with Crippen molar-refractivity contribution in [3.05, 3.63) is 29.8 Å². The summed E-state index contributed by atoms with van der Waals surface area (Å²) in [5.41, 5.74) is 1.36. The lowest BCUT2D eigenvalue weighted by molar-refractivity contribution is -0.0404. The van der Waals surface area contributed by atoms with Crippen molar-refractivity contribution >= 4 is 0 Å². The van der Waals surface area contributed by atoms with Gasteiger partial charge in [-0.3, -0.25) is 0 Å². The lowest BCUT2D eigenvalue weighted by Crippen LogP contribution is -2.42. The van der Waals surface area contributed by atoms with Crippen molar-refractivity contribution in [3.63, 3.8) is 0 Å². The summed E-state index contributed by atoms with van der Waals surface area (Å²) in [5, 5.41) is 0. The molecule has 1 unspecified atom stereocenters. The Kier molecular flexibility index (Phi) is 6.35. The monoisotopic (exact) mass is 317 g/mol. The van der Waals surface area contributed by atoms with Crippen molar-refractivity contribution in [2.75, 3.05) is 33.4 Å². The number of hydrogen-bond donors (Lipinski definition) is 0. The predicted octanol–water partition coefficient (Wildman–Crippen LogP) is 3.91. The molecule has 0 spiro atoms. The van der Waals surface area contributed by atoms with Gasteiger partial charge in [0, 0.05) is 13.1 Å². The number of ether oxygens (including phenoxy) is 2. The highest BCUT2D eigenvalue weighted by molar-refractivity contribution is 5.33. The Morgan fingerprint density at radius 1 is 1.17 bits per heavy atom. The fourth-order valence-electron chi connectivity index (χ4n) is 3.84. The lowest BCUT2D eigenvalue weighted by Gasteiger charge is -2.30. The van der Waals surface area contributed by atoms with Crippen LogP contribution in [0, 0.1) is 5.92 Å². The molecule has 3 rings (SSSR count). The number of aryl methyl sites for hydroxylation is 1. The summed E-state index contributed by atoms with van der Waals surface area (Å²) in [5.74, 6) is 1.98. The molecular formula is C20H31NO2. The molecule has 0 amide bonds. The van der Waals surface area contributed by atoms with E-state index in [4.69, 9.17) is 9.47 Å². The minimum atomic E-state index is 0.195. The number of benzene rings is 1. The van der Waals surface area contributed by atoms with E-state index >= 15 is 0 Å². The fourth-order valence-corrected chi connectivity index (χ4v) is 3.84. The minimum Gasteiger partial charge on any atom is -0.491 e. The van der Waals surface area contributed by atoms with Crippen LogP contribution in [-0.2, 0) is 11.2 Å². The van der Waals surface area contributed by atoms with Gasteiger partial charge in [0.2, 0.25) is 0 Å². The van der Waals surface area contributed by atoms with Crippen LogP contribution in [-0.4, -0.2) is 44.4 Å². The van der Waals surface area contributed by atoms with Crippen LogP contribution in [0.1, 0.15) is 44.1 Å². The van der Waals surface area contributed by atoms with Crippen LogP contribution in [0.3, 0.4) is 0 Å². The fraction of sp³-hybridized carbons (Fsp3) is 0.700. The summed E-state index contributed by atoms with van der Waals surface area (Å²) in [4.78, 5) is 2.31. The smallest absolute Gasteiger partial charge is 0.122 e. The molecule has 23 heavy (non-hydrogen) atoms. The third-order valence-electron chi connectivity index (χ3n) is 5.29. The maximum Gasteiger partial charge on any atom is 0.122 e. The topological polar surface area (TPSA) is 21.7 Å². The maximum atomic E-state index is 6.11. The lowest BCUT2D eigenvalue weighted by atomic mass is 9.85. The Hall–Kier alpha value is -1.06. The summed E-state index contributed by atoms with van der Waals surface area (Å²) < 4.78 is 11.9. The third-order valence-corrected chi connectivity index (χ3v) is 5.29. The first kappa shape index (κ1) is 16.8. The van der Waals surface area contributed by atoms with E-state index in [0.717, 1.165) is 37.8 Å². The summed E-state index contributed by atoms with van der Waals surface area (Å²) in [6, 6.07) is 8.55. The number of likely N-dealkylation sites (N-methyl/N-ethyl adjacent to an activating group) is 1. The zero-order valence-electron chi connectivity index (χ0n) is 14.5. The molecule has 2 aliphatic rings.